The van der Waals surface area contributed by atoms with Crippen molar-refractivity contribution in [3.8, 4) is 0 Å². The summed E-state index contributed by atoms with van der Waals surface area (Å²) < 4.78 is 0. The van der Waals surface area contributed by atoms with Crippen molar-refractivity contribution in [3.63, 3.8) is 0 Å². The summed E-state index contributed by atoms with van der Waals surface area (Å²) in [5.41, 5.74) is -0.0678. The number of aliphatic carboxylic acids is 1. The molecule has 0 aromatic heterocycles. The quantitative estimate of drug-likeness (QED) is 0.806. The summed E-state index contributed by atoms with van der Waals surface area (Å²) in [6.07, 6.45) is 2.47. The van der Waals surface area contributed by atoms with Crippen LogP contribution in [0.25, 0.3) is 0 Å². The molecule has 0 spiro atoms. The summed E-state index contributed by atoms with van der Waals surface area (Å²) >= 11 is 0. The van der Waals surface area contributed by atoms with Crippen LogP contribution in [0.2, 0.25) is 0 Å². The van der Waals surface area contributed by atoms with Gasteiger partial charge in [-0.15, -0.1) is 0 Å². The van der Waals surface area contributed by atoms with Crippen LogP contribution < -0.4 is 0 Å². The maximum absolute atomic E-state index is 11.0. The molecule has 17 heavy (non-hydrogen) atoms. The molecule has 1 atom stereocenters. The van der Waals surface area contributed by atoms with Crippen LogP contribution in [0.3, 0.4) is 0 Å². The zero-order chi connectivity index (χ0) is 12.6. The Balaban J connectivity index is 2.13. The summed E-state index contributed by atoms with van der Waals surface area (Å²) in [7, 11) is 0. The van der Waals surface area contributed by atoms with Crippen LogP contribution in [0.5, 0.6) is 0 Å². The van der Waals surface area contributed by atoms with Crippen LogP contribution >= 0.6 is 0 Å². The summed E-state index contributed by atoms with van der Waals surface area (Å²) in [5, 5.41) is 9.09. The van der Waals surface area contributed by atoms with Gasteiger partial charge in [-0.05, 0) is 52.6 Å². The van der Waals surface area contributed by atoms with Crippen LogP contribution in [0, 0.1) is 5.92 Å². The van der Waals surface area contributed by atoms with E-state index < -0.39 is 5.97 Å². The average Bonchev–Trinajstić information content (AvgIpc) is 2.25. The molecule has 0 radical (unpaired) electrons. The second kappa shape index (κ2) is 4.58. The van der Waals surface area contributed by atoms with Gasteiger partial charge in [0.05, 0.1) is 6.54 Å². The summed E-state index contributed by atoms with van der Waals surface area (Å²) in [6.45, 7) is 9.97. The molecular weight excluding hydrogens is 216 g/mol. The Labute approximate surface area is 104 Å². The molecule has 3 heterocycles. The number of fused-ring (bicyclic) bond motifs is 3. The maximum atomic E-state index is 11.0. The van der Waals surface area contributed by atoms with Crippen molar-refractivity contribution >= 4 is 5.97 Å². The third-order valence-electron chi connectivity index (χ3n) is 4.19. The topological polar surface area (TPSA) is 43.8 Å². The second-order valence-corrected chi connectivity index (χ2v) is 6.40. The van der Waals surface area contributed by atoms with Crippen molar-refractivity contribution < 1.29 is 9.90 Å². The van der Waals surface area contributed by atoms with Crippen LogP contribution in [-0.4, -0.2) is 58.6 Å². The summed E-state index contributed by atoms with van der Waals surface area (Å²) in [4.78, 5) is 15.7. The molecule has 0 aromatic carbocycles. The number of rotatable bonds is 3. The minimum Gasteiger partial charge on any atom is -0.480 e. The maximum Gasteiger partial charge on any atom is 0.317 e. The van der Waals surface area contributed by atoms with E-state index in [-0.39, 0.29) is 12.1 Å². The molecule has 0 saturated carbocycles. The molecule has 3 fully saturated rings. The smallest absolute Gasteiger partial charge is 0.317 e. The zero-order valence-corrected chi connectivity index (χ0v) is 11.1. The number of nitrogens with zero attached hydrogens (tertiary/aromatic N) is 2. The van der Waals surface area contributed by atoms with Gasteiger partial charge in [-0.2, -0.15) is 0 Å². The minimum atomic E-state index is -0.712. The van der Waals surface area contributed by atoms with Crippen molar-refractivity contribution in [2.45, 2.75) is 45.2 Å². The lowest BCUT2D eigenvalue weighted by Crippen LogP contribution is -2.62. The zero-order valence-electron chi connectivity index (χ0n) is 11.1. The molecule has 0 aliphatic carbocycles. The first-order valence-electron chi connectivity index (χ1n) is 6.59. The van der Waals surface area contributed by atoms with Gasteiger partial charge in [-0.25, -0.2) is 0 Å². The third-order valence-corrected chi connectivity index (χ3v) is 4.19. The van der Waals surface area contributed by atoms with Gasteiger partial charge in [0.2, 0.25) is 0 Å². The number of carboxylic acid groups (broad SMARTS) is 1. The first-order valence-corrected chi connectivity index (χ1v) is 6.59. The fraction of sp³-hybridized carbons (Fsp3) is 0.923. The van der Waals surface area contributed by atoms with E-state index in [4.69, 9.17) is 5.11 Å². The molecule has 0 aromatic rings. The summed E-state index contributed by atoms with van der Waals surface area (Å²) in [5.74, 6) is -0.0186. The first kappa shape index (κ1) is 12.8. The number of carboxylic acids is 1. The van der Waals surface area contributed by atoms with Gasteiger partial charge < -0.3 is 10.0 Å². The number of piperidine rings is 3. The standard InChI is InChI=1S/C13H24N2O2/c1-13(2,3)15(9-12(16)17)11-8-14-6-4-10(11)5-7-14/h10-11H,4-9H2,1-3H3,(H,16,17). The Bertz CT molecular complexity index is 290. The monoisotopic (exact) mass is 240 g/mol. The Kier molecular flexibility index (Phi) is 3.46. The molecule has 4 heteroatoms. The predicted octanol–water partition coefficient (Wildman–Crippen LogP) is 1.27. The van der Waals surface area contributed by atoms with Crippen molar-refractivity contribution in [1.29, 1.82) is 0 Å². The second-order valence-electron chi connectivity index (χ2n) is 6.40. The van der Waals surface area contributed by atoms with E-state index in [0.717, 1.165) is 6.54 Å². The van der Waals surface area contributed by atoms with Crippen LogP contribution in [-0.2, 0) is 4.79 Å². The lowest BCUT2D eigenvalue weighted by atomic mass is 9.81. The molecular formula is C13H24N2O2. The van der Waals surface area contributed by atoms with E-state index in [2.05, 4.69) is 30.6 Å². The highest BCUT2D eigenvalue weighted by atomic mass is 16.4. The van der Waals surface area contributed by atoms with Crippen molar-refractivity contribution in [1.82, 2.24) is 9.80 Å². The fourth-order valence-corrected chi connectivity index (χ4v) is 3.28. The number of hydrogen-bond acceptors (Lipinski definition) is 3. The predicted molar refractivity (Wildman–Crippen MR) is 67.0 cm³/mol. The lowest BCUT2D eigenvalue weighted by molar-refractivity contribution is -0.142. The van der Waals surface area contributed by atoms with Gasteiger partial charge in [0.15, 0.2) is 0 Å². The SMILES string of the molecule is CC(C)(C)N(CC(=O)O)C1CN2CCC1CC2. The molecule has 4 nitrogen and oxygen atoms in total. The van der Waals surface area contributed by atoms with E-state index in [0.29, 0.717) is 12.0 Å². The molecule has 3 rings (SSSR count). The third kappa shape index (κ3) is 2.80. The van der Waals surface area contributed by atoms with E-state index >= 15 is 0 Å². The summed E-state index contributed by atoms with van der Waals surface area (Å²) in [6, 6.07) is 0.425. The van der Waals surface area contributed by atoms with Crippen molar-refractivity contribution in [3.05, 3.63) is 0 Å². The van der Waals surface area contributed by atoms with E-state index in [1.165, 1.54) is 25.9 Å². The van der Waals surface area contributed by atoms with Gasteiger partial charge >= 0.3 is 5.97 Å². The highest BCUT2D eigenvalue weighted by Gasteiger charge is 2.41. The van der Waals surface area contributed by atoms with Crippen molar-refractivity contribution in [2.24, 2.45) is 5.92 Å². The van der Waals surface area contributed by atoms with Gasteiger partial charge in [0.1, 0.15) is 0 Å². The lowest BCUT2D eigenvalue weighted by Gasteiger charge is -2.52. The molecule has 3 saturated heterocycles. The number of carbonyl (C=O) groups is 1. The highest BCUT2D eigenvalue weighted by Crippen LogP contribution is 2.33. The molecule has 3 aliphatic rings. The van der Waals surface area contributed by atoms with Gasteiger partial charge in [0, 0.05) is 18.1 Å². The normalized spacial score (nSPS) is 33.1. The number of hydrogen-bond donors (Lipinski definition) is 1. The Morgan fingerprint density at radius 3 is 2.29 bits per heavy atom. The largest absolute Gasteiger partial charge is 0.480 e. The molecule has 98 valence electrons. The Morgan fingerprint density at radius 2 is 1.94 bits per heavy atom. The van der Waals surface area contributed by atoms with Gasteiger partial charge in [0.25, 0.3) is 0 Å². The molecule has 1 unspecified atom stereocenters. The van der Waals surface area contributed by atoms with E-state index in [1.807, 2.05) is 0 Å². The average molecular weight is 240 g/mol. The van der Waals surface area contributed by atoms with Crippen LogP contribution in [0.1, 0.15) is 33.6 Å². The van der Waals surface area contributed by atoms with Gasteiger partial charge in [-0.3, -0.25) is 9.69 Å². The van der Waals surface area contributed by atoms with E-state index in [1.54, 1.807) is 0 Å². The van der Waals surface area contributed by atoms with Gasteiger partial charge in [-0.1, -0.05) is 0 Å². The fourth-order valence-electron chi connectivity index (χ4n) is 3.28. The Morgan fingerprint density at radius 1 is 1.35 bits per heavy atom. The highest BCUT2D eigenvalue weighted by molar-refractivity contribution is 5.69. The first-order chi connectivity index (χ1) is 7.88. The van der Waals surface area contributed by atoms with E-state index in [9.17, 15) is 4.79 Å². The van der Waals surface area contributed by atoms with Crippen LogP contribution in [0.4, 0.5) is 0 Å². The Hall–Kier alpha value is -0.610. The molecule has 0 amide bonds. The molecule has 2 bridgehead atoms. The van der Waals surface area contributed by atoms with Crippen molar-refractivity contribution in [2.75, 3.05) is 26.2 Å². The minimum absolute atomic E-state index is 0.0678. The molecule has 1 N–H and O–H groups in total. The molecule has 3 aliphatic heterocycles. The van der Waals surface area contributed by atoms with Crippen LogP contribution in [0.15, 0.2) is 0 Å².